The van der Waals surface area contributed by atoms with Crippen molar-refractivity contribution in [2.45, 2.75) is 0 Å². The minimum atomic E-state index is -0.750. The lowest BCUT2D eigenvalue weighted by Crippen LogP contribution is -1.80. The van der Waals surface area contributed by atoms with Gasteiger partial charge in [0.2, 0.25) is 0 Å². The number of benzene rings is 4. The van der Waals surface area contributed by atoms with E-state index in [-0.39, 0.29) is 23.3 Å². The van der Waals surface area contributed by atoms with Crippen LogP contribution in [0.25, 0.3) is 22.3 Å². The highest BCUT2D eigenvalue weighted by Crippen LogP contribution is 2.21. The molecule has 0 aliphatic heterocycles. The van der Waals surface area contributed by atoms with Gasteiger partial charge in [0.1, 0.15) is 23.3 Å². The summed E-state index contributed by atoms with van der Waals surface area (Å²) in [4.78, 5) is 0. The minimum Gasteiger partial charge on any atom is -0.207 e. The van der Waals surface area contributed by atoms with Crippen molar-refractivity contribution in [2.24, 2.45) is 0 Å². The highest BCUT2D eigenvalue weighted by atomic mass is 32.1. The highest BCUT2D eigenvalue weighted by Gasteiger charge is 1.99. The van der Waals surface area contributed by atoms with E-state index in [0.717, 1.165) is 22.3 Å². The van der Waals surface area contributed by atoms with E-state index in [1.54, 1.807) is 48.5 Å². The van der Waals surface area contributed by atoms with Crippen molar-refractivity contribution in [1.82, 2.24) is 0 Å². The minimum absolute atomic E-state index is 0.285. The van der Waals surface area contributed by atoms with Crippen molar-refractivity contribution in [3.05, 3.63) is 120 Å². The van der Waals surface area contributed by atoms with Crippen LogP contribution in [0.5, 0.6) is 0 Å². The van der Waals surface area contributed by atoms with E-state index in [4.69, 9.17) is 8.42 Å². The Morgan fingerprint density at radius 2 is 0.742 bits per heavy atom. The second-order valence-corrected chi connectivity index (χ2v) is 6.24. The fourth-order valence-corrected chi connectivity index (χ4v) is 2.62. The van der Waals surface area contributed by atoms with Gasteiger partial charge in [0.15, 0.2) is 0 Å². The molecule has 0 saturated heterocycles. The molecule has 0 saturated carbocycles. The van der Waals surface area contributed by atoms with Gasteiger partial charge >= 0.3 is 11.6 Å². The number of halogens is 4. The Bertz CT molecular complexity index is 1050. The van der Waals surface area contributed by atoms with Gasteiger partial charge in [-0.25, -0.2) is 17.6 Å². The van der Waals surface area contributed by atoms with E-state index in [1.165, 1.54) is 48.5 Å². The maximum absolute atomic E-state index is 12.9. The largest absolute Gasteiger partial charge is 0.335 e. The molecule has 0 radical (unpaired) electrons. The van der Waals surface area contributed by atoms with Crippen LogP contribution in [0.2, 0.25) is 0 Å². The predicted molar refractivity (Wildman–Crippen MR) is 113 cm³/mol. The molecule has 0 unspecified atom stereocenters. The van der Waals surface area contributed by atoms with Crippen LogP contribution in [-0.2, 0) is 11.6 Å². The molecule has 158 valence electrons. The molecule has 0 amide bonds. The van der Waals surface area contributed by atoms with Crippen molar-refractivity contribution >= 4 is 11.6 Å². The summed E-state index contributed by atoms with van der Waals surface area (Å²) in [5.41, 5.74) is 3.13. The van der Waals surface area contributed by atoms with Crippen LogP contribution in [0.15, 0.2) is 97.1 Å². The second-order valence-electron chi connectivity index (χ2n) is 6.10. The van der Waals surface area contributed by atoms with E-state index in [1.807, 2.05) is 0 Å². The lowest BCUT2D eigenvalue weighted by atomic mass is 10.1. The first-order valence-electron chi connectivity index (χ1n) is 8.87. The third kappa shape index (κ3) is 7.98. The lowest BCUT2D eigenvalue weighted by Gasteiger charge is -2.00. The molecule has 4 aromatic carbocycles. The second kappa shape index (κ2) is 12.2. The molecule has 4 aromatic rings. The van der Waals surface area contributed by atoms with Crippen molar-refractivity contribution in [3.8, 4) is 22.3 Å². The summed E-state index contributed by atoms with van der Waals surface area (Å²) >= 11 is -0.750. The van der Waals surface area contributed by atoms with Crippen molar-refractivity contribution in [1.29, 1.82) is 0 Å². The van der Waals surface area contributed by atoms with Crippen molar-refractivity contribution in [3.63, 3.8) is 0 Å². The van der Waals surface area contributed by atoms with Crippen LogP contribution >= 0.6 is 0 Å². The Balaban J connectivity index is 0.000000196. The summed E-state index contributed by atoms with van der Waals surface area (Å²) in [5, 5.41) is 0. The third-order valence-corrected chi connectivity index (χ3v) is 4.00. The maximum atomic E-state index is 12.9. The zero-order valence-corrected chi connectivity index (χ0v) is 16.8. The van der Waals surface area contributed by atoms with Gasteiger partial charge in [-0.1, -0.05) is 48.5 Å². The number of hydrogen-bond donors (Lipinski definition) is 0. The Hall–Kier alpha value is -3.58. The Morgan fingerprint density at radius 1 is 0.419 bits per heavy atom. The molecule has 2 nitrogen and oxygen atoms in total. The number of rotatable bonds is 2. The average Bonchev–Trinajstić information content (AvgIpc) is 2.76. The first-order valence-corrected chi connectivity index (χ1v) is 9.54. The Labute approximate surface area is 180 Å². The molecule has 0 N–H and O–H groups in total. The molecule has 4 rings (SSSR count). The summed E-state index contributed by atoms with van der Waals surface area (Å²) in [6.45, 7) is 0. The van der Waals surface area contributed by atoms with Crippen LogP contribution < -0.4 is 0 Å². The van der Waals surface area contributed by atoms with Gasteiger partial charge in [-0.2, -0.15) is 8.42 Å². The smallest absolute Gasteiger partial charge is 0.207 e. The molecular weight excluding hydrogens is 428 g/mol. The van der Waals surface area contributed by atoms with Gasteiger partial charge in [-0.15, -0.1) is 0 Å². The van der Waals surface area contributed by atoms with Crippen molar-refractivity contribution < 1.29 is 26.0 Å². The zero-order chi connectivity index (χ0) is 22.6. The van der Waals surface area contributed by atoms with Gasteiger partial charge in [0.05, 0.1) is 0 Å². The average molecular weight is 444 g/mol. The van der Waals surface area contributed by atoms with Crippen LogP contribution in [0, 0.1) is 23.3 Å². The highest BCUT2D eigenvalue weighted by molar-refractivity contribution is 7.51. The molecule has 0 spiro atoms. The molecule has 0 atom stereocenters. The quantitative estimate of drug-likeness (QED) is 0.327. The van der Waals surface area contributed by atoms with Crippen molar-refractivity contribution in [2.75, 3.05) is 0 Å². The molecular formula is C24H16F4O2S. The fraction of sp³-hybridized carbons (Fsp3) is 0. The maximum Gasteiger partial charge on any atom is 0.335 e. The normalized spacial score (nSPS) is 9.55. The summed E-state index contributed by atoms with van der Waals surface area (Å²) in [6.07, 6.45) is 0. The monoisotopic (exact) mass is 444 g/mol. The van der Waals surface area contributed by atoms with E-state index in [2.05, 4.69) is 0 Å². The molecule has 0 aromatic heterocycles. The van der Waals surface area contributed by atoms with E-state index in [0.29, 0.717) is 0 Å². The van der Waals surface area contributed by atoms with E-state index < -0.39 is 11.6 Å². The van der Waals surface area contributed by atoms with Crippen LogP contribution in [-0.4, -0.2) is 8.42 Å². The third-order valence-electron chi connectivity index (χ3n) is 4.00. The van der Waals surface area contributed by atoms with Crippen LogP contribution in [0.1, 0.15) is 0 Å². The first-order chi connectivity index (χ1) is 14.9. The standard InChI is InChI=1S/2C12H8F2.O2S/c2*13-11-6-4-9(5-7-11)10-2-1-3-12(14)8-10;1-3-2/h2*1-8H;. The first kappa shape index (κ1) is 23.7. The van der Waals surface area contributed by atoms with Gasteiger partial charge in [0, 0.05) is 0 Å². The molecule has 7 heteroatoms. The van der Waals surface area contributed by atoms with Gasteiger partial charge < -0.3 is 0 Å². The van der Waals surface area contributed by atoms with E-state index >= 15 is 0 Å². The van der Waals surface area contributed by atoms with Gasteiger partial charge in [-0.05, 0) is 70.8 Å². The fourth-order valence-electron chi connectivity index (χ4n) is 2.62. The molecule has 0 fully saturated rings. The van der Waals surface area contributed by atoms with Crippen LogP contribution in [0.4, 0.5) is 17.6 Å². The number of hydrogen-bond acceptors (Lipinski definition) is 2. The molecule has 0 bridgehead atoms. The summed E-state index contributed by atoms with van der Waals surface area (Å²) in [7, 11) is 0. The van der Waals surface area contributed by atoms with Crippen LogP contribution in [0.3, 0.4) is 0 Å². The SMILES string of the molecule is Fc1ccc(-c2cccc(F)c2)cc1.Fc1ccc(-c2cccc(F)c2)cc1.O=S=O. The summed E-state index contributed by atoms with van der Waals surface area (Å²) in [6, 6.07) is 24.4. The Morgan fingerprint density at radius 3 is 1.03 bits per heavy atom. The van der Waals surface area contributed by atoms with E-state index in [9.17, 15) is 17.6 Å². The molecule has 0 aliphatic carbocycles. The van der Waals surface area contributed by atoms with Gasteiger partial charge in [-0.3, -0.25) is 0 Å². The predicted octanol–water partition coefficient (Wildman–Crippen LogP) is 6.59. The van der Waals surface area contributed by atoms with Gasteiger partial charge in [0.25, 0.3) is 0 Å². The molecule has 0 aliphatic rings. The zero-order valence-electron chi connectivity index (χ0n) is 16.0. The molecule has 31 heavy (non-hydrogen) atoms. The Kier molecular flexibility index (Phi) is 9.32. The topological polar surface area (TPSA) is 34.1 Å². The lowest BCUT2D eigenvalue weighted by molar-refractivity contribution is 0.626. The summed E-state index contributed by atoms with van der Waals surface area (Å²) < 4.78 is 67.5. The molecule has 0 heterocycles. The summed E-state index contributed by atoms with van der Waals surface area (Å²) in [5.74, 6) is -1.14.